The Morgan fingerprint density at radius 3 is 2.55 bits per heavy atom. The predicted octanol–water partition coefficient (Wildman–Crippen LogP) is 2.09. The summed E-state index contributed by atoms with van der Waals surface area (Å²) in [6.07, 6.45) is 3.51. The lowest BCUT2D eigenvalue weighted by Crippen LogP contribution is -2.33. The van der Waals surface area contributed by atoms with Crippen molar-refractivity contribution in [3.8, 4) is 0 Å². The Kier molecular flexibility index (Phi) is 3.30. The molecule has 2 aromatic rings. The minimum Gasteiger partial charge on any atom is -0.345 e. The molecule has 1 heterocycles. The Labute approximate surface area is 118 Å². The number of nitrogens with one attached hydrogen (secondary N) is 1. The summed E-state index contributed by atoms with van der Waals surface area (Å²) < 4.78 is 0. The summed E-state index contributed by atoms with van der Waals surface area (Å²) in [5.41, 5.74) is 3.65. The molecule has 20 heavy (non-hydrogen) atoms. The Morgan fingerprint density at radius 2 is 2.00 bits per heavy atom. The second-order valence-corrected chi connectivity index (χ2v) is 5.58. The second kappa shape index (κ2) is 5.12. The second-order valence-electron chi connectivity index (χ2n) is 5.58. The molecular formula is C16H19N3O. The number of amides is 1. The number of nitrogens with zero attached hydrogens (tertiary/aromatic N) is 2. The first-order chi connectivity index (χ1) is 9.63. The van der Waals surface area contributed by atoms with Crippen molar-refractivity contribution in [1.29, 1.82) is 0 Å². The van der Waals surface area contributed by atoms with Crippen molar-refractivity contribution in [1.82, 2.24) is 14.9 Å². The highest BCUT2D eigenvalue weighted by Gasteiger charge is 2.29. The first-order valence-electron chi connectivity index (χ1n) is 6.95. The van der Waals surface area contributed by atoms with Gasteiger partial charge in [-0.15, -0.1) is 0 Å². The van der Waals surface area contributed by atoms with Crippen molar-refractivity contribution in [3.05, 3.63) is 53.1 Å². The van der Waals surface area contributed by atoms with Crippen molar-refractivity contribution >= 4 is 5.91 Å². The zero-order valence-corrected chi connectivity index (χ0v) is 11.9. The topological polar surface area (TPSA) is 49.0 Å². The Bertz CT molecular complexity index is 607. The van der Waals surface area contributed by atoms with E-state index >= 15 is 0 Å². The smallest absolute Gasteiger partial charge is 0.226 e. The average Bonchev–Trinajstić information content (AvgIpc) is 3.03. The zero-order valence-electron chi connectivity index (χ0n) is 11.9. The van der Waals surface area contributed by atoms with Crippen molar-refractivity contribution in [3.63, 3.8) is 0 Å². The van der Waals surface area contributed by atoms with Crippen molar-refractivity contribution < 1.29 is 4.79 Å². The maximum Gasteiger partial charge on any atom is 0.226 e. The highest BCUT2D eigenvalue weighted by molar-refractivity contribution is 5.80. The van der Waals surface area contributed by atoms with Gasteiger partial charge in [-0.2, -0.15) is 0 Å². The van der Waals surface area contributed by atoms with Gasteiger partial charge in [-0.25, -0.2) is 4.98 Å². The van der Waals surface area contributed by atoms with Gasteiger partial charge in [0.1, 0.15) is 5.82 Å². The summed E-state index contributed by atoms with van der Waals surface area (Å²) in [7, 11) is 1.85. The van der Waals surface area contributed by atoms with Gasteiger partial charge in [-0.3, -0.25) is 4.79 Å². The molecule has 1 aromatic heterocycles. The van der Waals surface area contributed by atoms with E-state index < -0.39 is 0 Å². The summed E-state index contributed by atoms with van der Waals surface area (Å²) in [6, 6.07) is 8.33. The van der Waals surface area contributed by atoms with E-state index in [2.05, 4.69) is 22.1 Å². The molecule has 0 unspecified atom stereocenters. The average molecular weight is 269 g/mol. The molecule has 3 rings (SSSR count). The molecule has 1 aliphatic rings. The van der Waals surface area contributed by atoms with Crippen LogP contribution in [0, 0.1) is 12.8 Å². The number of benzene rings is 1. The van der Waals surface area contributed by atoms with Crippen LogP contribution in [0.1, 0.15) is 22.6 Å². The van der Waals surface area contributed by atoms with E-state index in [1.165, 1.54) is 11.1 Å². The summed E-state index contributed by atoms with van der Waals surface area (Å²) >= 11 is 0. The lowest BCUT2D eigenvalue weighted by Gasteiger charge is -2.19. The minimum atomic E-state index is 0.0773. The molecule has 1 amide bonds. The van der Waals surface area contributed by atoms with Crippen LogP contribution in [-0.4, -0.2) is 27.8 Å². The van der Waals surface area contributed by atoms with E-state index in [1.807, 2.05) is 26.1 Å². The molecule has 0 radical (unpaired) electrons. The Hall–Kier alpha value is -2.10. The maximum atomic E-state index is 12.5. The fraction of sp³-hybridized carbons (Fsp3) is 0.375. The van der Waals surface area contributed by atoms with Crippen LogP contribution in [0.15, 0.2) is 30.5 Å². The van der Waals surface area contributed by atoms with E-state index in [0.717, 1.165) is 24.4 Å². The number of rotatable bonds is 3. The normalized spacial score (nSPS) is 14.3. The van der Waals surface area contributed by atoms with Crippen LogP contribution in [0.3, 0.4) is 0 Å². The quantitative estimate of drug-likeness (QED) is 0.927. The first kappa shape index (κ1) is 12.9. The molecule has 0 saturated carbocycles. The van der Waals surface area contributed by atoms with Crippen LogP contribution >= 0.6 is 0 Å². The molecule has 4 nitrogen and oxygen atoms in total. The molecule has 0 saturated heterocycles. The number of hydrogen-bond acceptors (Lipinski definition) is 2. The monoisotopic (exact) mass is 269 g/mol. The third kappa shape index (κ3) is 2.46. The lowest BCUT2D eigenvalue weighted by atomic mass is 10.1. The summed E-state index contributed by atoms with van der Waals surface area (Å²) in [5.74, 6) is 1.12. The number of aromatic amines is 1. The molecule has 4 heteroatoms. The van der Waals surface area contributed by atoms with Gasteiger partial charge in [0.25, 0.3) is 0 Å². The largest absolute Gasteiger partial charge is 0.345 e. The van der Waals surface area contributed by atoms with Gasteiger partial charge in [0.05, 0.1) is 6.54 Å². The van der Waals surface area contributed by atoms with Gasteiger partial charge in [0.15, 0.2) is 0 Å². The molecular weight excluding hydrogens is 250 g/mol. The van der Waals surface area contributed by atoms with Crippen LogP contribution in [0.4, 0.5) is 0 Å². The number of carbonyl (C=O) groups is 1. The van der Waals surface area contributed by atoms with Gasteiger partial charge in [-0.1, -0.05) is 24.3 Å². The zero-order chi connectivity index (χ0) is 14.1. The van der Waals surface area contributed by atoms with Crippen molar-refractivity contribution in [2.45, 2.75) is 26.3 Å². The van der Waals surface area contributed by atoms with Gasteiger partial charge in [0, 0.05) is 24.9 Å². The van der Waals surface area contributed by atoms with Gasteiger partial charge in [-0.05, 0) is 30.9 Å². The van der Waals surface area contributed by atoms with E-state index in [1.54, 1.807) is 11.1 Å². The molecule has 0 fully saturated rings. The van der Waals surface area contributed by atoms with Gasteiger partial charge >= 0.3 is 0 Å². The third-order valence-corrected chi connectivity index (χ3v) is 3.92. The van der Waals surface area contributed by atoms with Crippen LogP contribution in [0.2, 0.25) is 0 Å². The van der Waals surface area contributed by atoms with E-state index in [0.29, 0.717) is 6.54 Å². The number of H-pyrrole nitrogens is 1. The molecule has 1 aliphatic carbocycles. The maximum absolute atomic E-state index is 12.5. The van der Waals surface area contributed by atoms with Crippen LogP contribution in [-0.2, 0) is 24.2 Å². The molecule has 0 spiro atoms. The van der Waals surface area contributed by atoms with E-state index in [-0.39, 0.29) is 11.8 Å². The molecule has 1 aromatic carbocycles. The predicted molar refractivity (Wildman–Crippen MR) is 77.1 cm³/mol. The molecule has 0 bridgehead atoms. The first-order valence-corrected chi connectivity index (χ1v) is 6.95. The Balaban J connectivity index is 1.65. The highest BCUT2D eigenvalue weighted by Crippen LogP contribution is 2.27. The Morgan fingerprint density at radius 1 is 1.35 bits per heavy atom. The fourth-order valence-corrected chi connectivity index (χ4v) is 2.89. The molecule has 104 valence electrons. The van der Waals surface area contributed by atoms with Gasteiger partial charge < -0.3 is 9.88 Å². The van der Waals surface area contributed by atoms with Crippen LogP contribution < -0.4 is 0 Å². The molecule has 1 N–H and O–H groups in total. The van der Waals surface area contributed by atoms with Crippen molar-refractivity contribution in [2.24, 2.45) is 5.92 Å². The van der Waals surface area contributed by atoms with Crippen LogP contribution in [0.25, 0.3) is 0 Å². The van der Waals surface area contributed by atoms with Crippen molar-refractivity contribution in [2.75, 3.05) is 7.05 Å². The number of hydrogen-bond donors (Lipinski definition) is 1. The number of aryl methyl sites for hydroxylation is 1. The molecule has 0 aliphatic heterocycles. The fourth-order valence-electron chi connectivity index (χ4n) is 2.89. The summed E-state index contributed by atoms with van der Waals surface area (Å²) in [4.78, 5) is 21.7. The molecule has 0 atom stereocenters. The van der Waals surface area contributed by atoms with Crippen LogP contribution in [0.5, 0.6) is 0 Å². The number of carbonyl (C=O) groups excluding carboxylic acids is 1. The lowest BCUT2D eigenvalue weighted by molar-refractivity contribution is -0.134. The van der Waals surface area contributed by atoms with E-state index in [4.69, 9.17) is 0 Å². The standard InChI is InChI=1S/C16H19N3O/c1-11-9-17-15(18-11)10-19(2)16(20)14-7-12-5-3-4-6-13(12)8-14/h3-6,9,14H,7-8,10H2,1-2H3,(H,17,18). The minimum absolute atomic E-state index is 0.0773. The third-order valence-electron chi connectivity index (χ3n) is 3.92. The summed E-state index contributed by atoms with van der Waals surface area (Å²) in [6.45, 7) is 2.51. The number of aromatic nitrogens is 2. The number of imidazole rings is 1. The number of fused-ring (bicyclic) bond motifs is 1. The van der Waals surface area contributed by atoms with E-state index in [9.17, 15) is 4.79 Å². The summed E-state index contributed by atoms with van der Waals surface area (Å²) in [5, 5.41) is 0. The highest BCUT2D eigenvalue weighted by atomic mass is 16.2. The SMILES string of the molecule is Cc1cnc(CN(C)C(=O)C2Cc3ccccc3C2)[nH]1. The van der Waals surface area contributed by atoms with Gasteiger partial charge in [0.2, 0.25) is 5.91 Å².